The lowest BCUT2D eigenvalue weighted by atomic mass is 10.2. The van der Waals surface area contributed by atoms with Gasteiger partial charge in [-0.15, -0.1) is 0 Å². The Morgan fingerprint density at radius 3 is 2.69 bits per heavy atom. The third-order valence-corrected chi connectivity index (χ3v) is 2.16. The van der Waals surface area contributed by atoms with Gasteiger partial charge >= 0.3 is 6.16 Å². The number of ether oxygens (including phenoxy) is 2. The van der Waals surface area contributed by atoms with Gasteiger partial charge in [-0.1, -0.05) is 15.9 Å². The topological polar surface area (TPSA) is 78.6 Å². The second-order valence-electron chi connectivity index (χ2n) is 2.79. The van der Waals surface area contributed by atoms with E-state index in [0.29, 0.717) is 4.47 Å². The highest BCUT2D eigenvalue weighted by atomic mass is 79.9. The van der Waals surface area contributed by atoms with E-state index in [2.05, 4.69) is 20.7 Å². The minimum atomic E-state index is -0.868. The summed E-state index contributed by atoms with van der Waals surface area (Å²) < 4.78 is 10.1. The zero-order chi connectivity index (χ0) is 12.1. The van der Waals surface area contributed by atoms with Crippen molar-refractivity contribution < 1.29 is 19.1 Å². The van der Waals surface area contributed by atoms with Crippen molar-refractivity contribution in [1.82, 2.24) is 0 Å². The van der Waals surface area contributed by atoms with Gasteiger partial charge in [-0.2, -0.15) is 0 Å². The van der Waals surface area contributed by atoms with Crippen LogP contribution >= 0.6 is 15.9 Å². The number of nitrogens with two attached hydrogens (primary N) is 1. The summed E-state index contributed by atoms with van der Waals surface area (Å²) in [5.74, 6) is -0.602. The van der Waals surface area contributed by atoms with Crippen LogP contribution in [-0.4, -0.2) is 18.7 Å². The molecule has 0 bridgehead atoms. The lowest BCUT2D eigenvalue weighted by molar-refractivity contribution is 0.0978. The summed E-state index contributed by atoms with van der Waals surface area (Å²) in [6, 6.07) is 4.55. The highest BCUT2D eigenvalue weighted by Gasteiger charge is 2.14. The quantitative estimate of drug-likeness (QED) is 0.682. The summed E-state index contributed by atoms with van der Waals surface area (Å²) in [7, 11) is 0. The van der Waals surface area contributed by atoms with Crippen molar-refractivity contribution >= 4 is 28.0 Å². The Hall–Kier alpha value is -1.56. The lowest BCUT2D eigenvalue weighted by Crippen LogP contribution is -2.16. The number of hydrogen-bond donors (Lipinski definition) is 1. The van der Waals surface area contributed by atoms with Gasteiger partial charge in [0.05, 0.1) is 12.2 Å². The molecule has 16 heavy (non-hydrogen) atoms. The maximum atomic E-state index is 11.1. The monoisotopic (exact) mass is 287 g/mol. The maximum absolute atomic E-state index is 11.1. The van der Waals surface area contributed by atoms with E-state index in [1.807, 2.05) is 0 Å². The van der Waals surface area contributed by atoms with Crippen molar-refractivity contribution in [2.75, 3.05) is 6.61 Å². The number of carbonyl (C=O) groups excluding carboxylic acids is 2. The van der Waals surface area contributed by atoms with Gasteiger partial charge in [0, 0.05) is 4.47 Å². The molecule has 0 saturated heterocycles. The van der Waals surface area contributed by atoms with Crippen molar-refractivity contribution in [3.8, 4) is 5.75 Å². The Kier molecular flexibility index (Phi) is 4.30. The molecule has 1 aromatic rings. The van der Waals surface area contributed by atoms with Crippen LogP contribution < -0.4 is 10.5 Å². The molecule has 0 aliphatic carbocycles. The van der Waals surface area contributed by atoms with Crippen LogP contribution in [0.1, 0.15) is 17.3 Å². The second-order valence-corrected chi connectivity index (χ2v) is 3.71. The van der Waals surface area contributed by atoms with Crippen molar-refractivity contribution in [3.05, 3.63) is 28.2 Å². The number of primary amides is 1. The molecule has 6 heteroatoms. The summed E-state index contributed by atoms with van der Waals surface area (Å²) in [6.07, 6.45) is -0.868. The van der Waals surface area contributed by atoms with Crippen molar-refractivity contribution in [2.24, 2.45) is 5.73 Å². The van der Waals surface area contributed by atoms with Crippen LogP contribution in [0.15, 0.2) is 22.7 Å². The summed E-state index contributed by atoms with van der Waals surface area (Å²) in [6.45, 7) is 1.85. The number of hydrogen-bond acceptors (Lipinski definition) is 4. The van der Waals surface area contributed by atoms with Gasteiger partial charge < -0.3 is 15.2 Å². The third kappa shape index (κ3) is 3.23. The van der Waals surface area contributed by atoms with Crippen LogP contribution in [0.5, 0.6) is 5.75 Å². The van der Waals surface area contributed by atoms with E-state index in [-0.39, 0.29) is 17.9 Å². The second kappa shape index (κ2) is 5.50. The number of rotatable bonds is 3. The average Bonchev–Trinajstić information content (AvgIpc) is 2.20. The Bertz CT molecular complexity index is 419. The molecule has 0 fully saturated rings. The zero-order valence-electron chi connectivity index (χ0n) is 8.53. The normalized spacial score (nSPS) is 9.62. The fraction of sp³-hybridized carbons (Fsp3) is 0.200. The summed E-state index contributed by atoms with van der Waals surface area (Å²) in [4.78, 5) is 22.1. The zero-order valence-corrected chi connectivity index (χ0v) is 10.1. The molecule has 1 amide bonds. The van der Waals surface area contributed by atoms with Gasteiger partial charge in [-0.25, -0.2) is 4.79 Å². The maximum Gasteiger partial charge on any atom is 0.513 e. The molecule has 0 radical (unpaired) electrons. The van der Waals surface area contributed by atoms with Crippen LogP contribution in [0.4, 0.5) is 4.79 Å². The van der Waals surface area contributed by atoms with E-state index in [9.17, 15) is 9.59 Å². The summed E-state index contributed by atoms with van der Waals surface area (Å²) >= 11 is 3.18. The molecule has 0 aromatic heterocycles. The van der Waals surface area contributed by atoms with Crippen LogP contribution in [0.25, 0.3) is 0 Å². The number of halogens is 1. The first kappa shape index (κ1) is 12.5. The minimum Gasteiger partial charge on any atom is -0.434 e. The van der Waals surface area contributed by atoms with E-state index in [1.165, 1.54) is 12.1 Å². The molecule has 86 valence electrons. The molecule has 0 atom stereocenters. The molecule has 0 saturated carbocycles. The smallest absolute Gasteiger partial charge is 0.434 e. The molecule has 0 unspecified atom stereocenters. The first-order valence-corrected chi connectivity index (χ1v) is 5.28. The molecule has 1 aromatic carbocycles. The summed E-state index contributed by atoms with van der Waals surface area (Å²) in [5.41, 5.74) is 5.25. The first-order valence-electron chi connectivity index (χ1n) is 4.48. The Balaban J connectivity index is 2.95. The largest absolute Gasteiger partial charge is 0.513 e. The van der Waals surface area contributed by atoms with Gasteiger partial charge in [0.25, 0.3) is 5.91 Å². The van der Waals surface area contributed by atoms with Crippen molar-refractivity contribution in [2.45, 2.75) is 6.92 Å². The van der Waals surface area contributed by atoms with Crippen molar-refractivity contribution in [1.29, 1.82) is 0 Å². The lowest BCUT2D eigenvalue weighted by Gasteiger charge is -2.07. The fourth-order valence-corrected chi connectivity index (χ4v) is 1.38. The molecule has 0 heterocycles. The number of benzene rings is 1. The van der Waals surface area contributed by atoms with Gasteiger partial charge in [-0.05, 0) is 25.1 Å². The van der Waals surface area contributed by atoms with Crippen LogP contribution in [0.3, 0.4) is 0 Å². The predicted octanol–water partition coefficient (Wildman–Crippen LogP) is 2.08. The fourth-order valence-electron chi connectivity index (χ4n) is 1.02. The molecular formula is C10H10BrNO4. The predicted molar refractivity (Wildman–Crippen MR) is 60.3 cm³/mol. The average molecular weight is 288 g/mol. The minimum absolute atomic E-state index is 0.0779. The van der Waals surface area contributed by atoms with Crippen LogP contribution in [0, 0.1) is 0 Å². The highest BCUT2D eigenvalue weighted by Crippen LogP contribution is 2.23. The first-order chi connectivity index (χ1) is 7.54. The van der Waals surface area contributed by atoms with E-state index in [1.54, 1.807) is 13.0 Å². The number of carbonyl (C=O) groups is 2. The van der Waals surface area contributed by atoms with Crippen LogP contribution in [-0.2, 0) is 4.74 Å². The number of amides is 1. The summed E-state index contributed by atoms with van der Waals surface area (Å²) in [5, 5.41) is 0. The van der Waals surface area contributed by atoms with E-state index >= 15 is 0 Å². The SMILES string of the molecule is CCOC(=O)Oc1ccc(Br)cc1C(N)=O. The van der Waals surface area contributed by atoms with E-state index in [0.717, 1.165) is 0 Å². The third-order valence-electron chi connectivity index (χ3n) is 1.66. The highest BCUT2D eigenvalue weighted by molar-refractivity contribution is 9.10. The Morgan fingerprint density at radius 1 is 1.44 bits per heavy atom. The van der Waals surface area contributed by atoms with Gasteiger partial charge in [-0.3, -0.25) is 4.79 Å². The molecule has 0 aliphatic heterocycles. The van der Waals surface area contributed by atoms with E-state index < -0.39 is 12.1 Å². The molecule has 0 aliphatic rings. The Labute approximate surface area is 101 Å². The molecular weight excluding hydrogens is 278 g/mol. The van der Waals surface area contributed by atoms with Gasteiger partial charge in [0.15, 0.2) is 0 Å². The standard InChI is InChI=1S/C10H10BrNO4/c1-2-15-10(14)16-8-4-3-6(11)5-7(8)9(12)13/h3-5H,2H2,1H3,(H2,12,13). The van der Waals surface area contributed by atoms with Gasteiger partial charge in [0.2, 0.25) is 0 Å². The molecule has 1 rings (SSSR count). The molecule has 2 N–H and O–H groups in total. The Morgan fingerprint density at radius 2 is 2.12 bits per heavy atom. The van der Waals surface area contributed by atoms with E-state index in [4.69, 9.17) is 10.5 Å². The molecule has 0 spiro atoms. The van der Waals surface area contributed by atoms with Crippen LogP contribution in [0.2, 0.25) is 0 Å². The molecule has 5 nitrogen and oxygen atoms in total. The van der Waals surface area contributed by atoms with Crippen molar-refractivity contribution in [3.63, 3.8) is 0 Å². The van der Waals surface area contributed by atoms with Gasteiger partial charge in [0.1, 0.15) is 5.75 Å².